The van der Waals surface area contributed by atoms with Gasteiger partial charge in [0.2, 0.25) is 0 Å². The maximum atomic E-state index is 10.7. The second kappa shape index (κ2) is 4.36. The number of phenolic OH excluding ortho intramolecular Hbond substituents is 1. The molecule has 0 atom stereocenters. The smallest absolute Gasteiger partial charge is 0.126 e. The highest BCUT2D eigenvalue weighted by atomic mass is 16.3. The zero-order valence-electron chi connectivity index (χ0n) is 12.4. The average Bonchev–Trinajstić information content (AvgIpc) is 2.47. The van der Waals surface area contributed by atoms with Crippen molar-refractivity contribution < 1.29 is 5.11 Å². The summed E-state index contributed by atoms with van der Waals surface area (Å²) in [6.07, 6.45) is 0.905. The van der Waals surface area contributed by atoms with E-state index in [1.807, 2.05) is 0 Å². The molecule has 0 unspecified atom stereocenters. The summed E-state index contributed by atoms with van der Waals surface area (Å²) >= 11 is 0. The largest absolute Gasteiger partial charge is 0.507 e. The van der Waals surface area contributed by atoms with Crippen LogP contribution in [0.4, 0.5) is 0 Å². The van der Waals surface area contributed by atoms with Crippen LogP contribution in [0.2, 0.25) is 0 Å². The predicted octanol–water partition coefficient (Wildman–Crippen LogP) is 5.49. The minimum atomic E-state index is 0.453. The third kappa shape index (κ3) is 1.77. The summed E-state index contributed by atoms with van der Waals surface area (Å²) in [5.74, 6) is 0.985. The number of hydrogen-bond acceptors (Lipinski definition) is 1. The molecule has 4 aromatic carbocycles. The summed E-state index contributed by atoms with van der Waals surface area (Å²) in [6, 6.07) is 17.1. The Labute approximate surface area is 124 Å². The van der Waals surface area contributed by atoms with E-state index in [2.05, 4.69) is 62.4 Å². The third-order valence-electron chi connectivity index (χ3n) is 4.33. The van der Waals surface area contributed by atoms with Gasteiger partial charge in [-0.15, -0.1) is 0 Å². The molecule has 0 bridgehead atoms. The minimum Gasteiger partial charge on any atom is -0.507 e. The van der Waals surface area contributed by atoms with Crippen molar-refractivity contribution in [3.63, 3.8) is 0 Å². The van der Waals surface area contributed by atoms with Crippen LogP contribution in [0.15, 0.2) is 48.5 Å². The topological polar surface area (TPSA) is 20.2 Å². The van der Waals surface area contributed by atoms with Gasteiger partial charge in [0, 0.05) is 10.8 Å². The molecule has 1 heteroatoms. The van der Waals surface area contributed by atoms with Crippen molar-refractivity contribution in [2.24, 2.45) is 5.92 Å². The normalized spacial score (nSPS) is 12.1. The van der Waals surface area contributed by atoms with Gasteiger partial charge >= 0.3 is 0 Å². The summed E-state index contributed by atoms with van der Waals surface area (Å²) in [5.41, 5.74) is 1.05. The number of hydrogen-bond donors (Lipinski definition) is 1. The fourth-order valence-electron chi connectivity index (χ4n) is 3.45. The fraction of sp³-hybridized carbons (Fsp3) is 0.200. The Balaban J connectivity index is 2.19. The summed E-state index contributed by atoms with van der Waals surface area (Å²) in [4.78, 5) is 0. The quantitative estimate of drug-likeness (QED) is 0.479. The molecule has 0 saturated heterocycles. The molecule has 1 nitrogen and oxygen atoms in total. The lowest BCUT2D eigenvalue weighted by molar-refractivity contribution is 0.469. The van der Waals surface area contributed by atoms with Crippen molar-refractivity contribution in [3.8, 4) is 5.75 Å². The van der Waals surface area contributed by atoms with Gasteiger partial charge in [0.15, 0.2) is 0 Å². The molecule has 1 N–H and O–H groups in total. The predicted molar refractivity (Wildman–Crippen MR) is 90.4 cm³/mol. The Kier molecular flexibility index (Phi) is 2.58. The molecule has 21 heavy (non-hydrogen) atoms. The molecule has 4 aromatic rings. The van der Waals surface area contributed by atoms with E-state index in [4.69, 9.17) is 0 Å². The first-order valence-corrected chi connectivity index (χ1v) is 7.53. The van der Waals surface area contributed by atoms with E-state index < -0.39 is 0 Å². The van der Waals surface area contributed by atoms with Gasteiger partial charge in [-0.3, -0.25) is 0 Å². The van der Waals surface area contributed by atoms with Crippen LogP contribution in [0, 0.1) is 5.92 Å². The van der Waals surface area contributed by atoms with E-state index in [-0.39, 0.29) is 0 Å². The Bertz CT molecular complexity index is 934. The molecule has 0 spiro atoms. The summed E-state index contributed by atoms with van der Waals surface area (Å²) in [6.45, 7) is 4.37. The van der Waals surface area contributed by atoms with Gasteiger partial charge in [0.25, 0.3) is 0 Å². The van der Waals surface area contributed by atoms with E-state index >= 15 is 0 Å². The van der Waals surface area contributed by atoms with E-state index in [9.17, 15) is 5.11 Å². The van der Waals surface area contributed by atoms with E-state index in [0.717, 1.165) is 17.4 Å². The van der Waals surface area contributed by atoms with Gasteiger partial charge in [-0.25, -0.2) is 0 Å². The maximum Gasteiger partial charge on any atom is 0.126 e. The molecule has 0 radical (unpaired) electrons. The van der Waals surface area contributed by atoms with Crippen LogP contribution >= 0.6 is 0 Å². The Morgan fingerprint density at radius 2 is 1.52 bits per heavy atom. The molecule has 104 valence electrons. The van der Waals surface area contributed by atoms with Crippen molar-refractivity contribution in [1.82, 2.24) is 0 Å². The van der Waals surface area contributed by atoms with Crippen LogP contribution in [-0.2, 0) is 6.42 Å². The molecule has 0 aliphatic heterocycles. The molecule has 0 aliphatic rings. The second-order valence-electron chi connectivity index (χ2n) is 6.34. The first-order chi connectivity index (χ1) is 10.1. The first kappa shape index (κ1) is 12.5. The first-order valence-electron chi connectivity index (χ1n) is 7.53. The SMILES string of the molecule is CC(C)Cc1cc2ccc3cccc4ccc(c1O)c2c34. The van der Waals surface area contributed by atoms with Gasteiger partial charge in [0.05, 0.1) is 0 Å². The minimum absolute atomic E-state index is 0.453. The molecular weight excluding hydrogens is 256 g/mol. The second-order valence-corrected chi connectivity index (χ2v) is 6.34. The standard InChI is InChI=1S/C20H18O/c1-12(2)10-16-11-15-7-6-13-4-3-5-14-8-9-17(20(16)21)19(15)18(13)14/h3-9,11-12,21H,10H2,1-2H3. The van der Waals surface area contributed by atoms with Crippen molar-refractivity contribution in [2.75, 3.05) is 0 Å². The van der Waals surface area contributed by atoms with Gasteiger partial charge in [0.1, 0.15) is 5.75 Å². The lowest BCUT2D eigenvalue weighted by Gasteiger charge is -2.15. The van der Waals surface area contributed by atoms with Crippen LogP contribution in [0.3, 0.4) is 0 Å². The molecule has 0 amide bonds. The van der Waals surface area contributed by atoms with E-state index in [0.29, 0.717) is 11.7 Å². The molecule has 4 rings (SSSR count). The zero-order chi connectivity index (χ0) is 14.6. The monoisotopic (exact) mass is 274 g/mol. The van der Waals surface area contributed by atoms with E-state index in [1.54, 1.807) is 0 Å². The van der Waals surface area contributed by atoms with Crippen LogP contribution < -0.4 is 0 Å². The van der Waals surface area contributed by atoms with Crippen LogP contribution in [0.1, 0.15) is 19.4 Å². The number of benzene rings is 4. The summed E-state index contributed by atoms with van der Waals surface area (Å²) < 4.78 is 0. The molecule has 0 saturated carbocycles. The van der Waals surface area contributed by atoms with Crippen molar-refractivity contribution in [3.05, 3.63) is 54.1 Å². The van der Waals surface area contributed by atoms with Gasteiger partial charge < -0.3 is 5.11 Å². The highest BCUT2D eigenvalue weighted by molar-refractivity contribution is 6.24. The molecule has 0 heterocycles. The summed E-state index contributed by atoms with van der Waals surface area (Å²) in [5, 5.41) is 17.8. The summed E-state index contributed by atoms with van der Waals surface area (Å²) in [7, 11) is 0. The highest BCUT2D eigenvalue weighted by Gasteiger charge is 2.14. The molecular formula is C20H18O. The molecule has 0 aromatic heterocycles. The molecule has 0 fully saturated rings. The van der Waals surface area contributed by atoms with Crippen molar-refractivity contribution in [2.45, 2.75) is 20.3 Å². The lowest BCUT2D eigenvalue weighted by atomic mass is 9.90. The Morgan fingerprint density at radius 1 is 0.857 bits per heavy atom. The van der Waals surface area contributed by atoms with Crippen LogP contribution in [0.25, 0.3) is 32.3 Å². The van der Waals surface area contributed by atoms with Crippen LogP contribution in [0.5, 0.6) is 5.75 Å². The highest BCUT2D eigenvalue weighted by Crippen LogP contribution is 2.40. The third-order valence-corrected chi connectivity index (χ3v) is 4.33. The van der Waals surface area contributed by atoms with Crippen molar-refractivity contribution >= 4 is 32.3 Å². The Morgan fingerprint density at radius 3 is 2.24 bits per heavy atom. The number of rotatable bonds is 2. The average molecular weight is 274 g/mol. The van der Waals surface area contributed by atoms with Gasteiger partial charge in [-0.2, -0.15) is 0 Å². The van der Waals surface area contributed by atoms with Crippen LogP contribution in [-0.4, -0.2) is 5.11 Å². The Hall–Kier alpha value is -2.28. The van der Waals surface area contributed by atoms with E-state index in [1.165, 1.54) is 26.9 Å². The fourth-order valence-corrected chi connectivity index (χ4v) is 3.45. The molecule has 0 aliphatic carbocycles. The van der Waals surface area contributed by atoms with Gasteiger partial charge in [-0.1, -0.05) is 50.2 Å². The van der Waals surface area contributed by atoms with Crippen molar-refractivity contribution in [1.29, 1.82) is 0 Å². The maximum absolute atomic E-state index is 10.7. The lowest BCUT2D eigenvalue weighted by Crippen LogP contribution is -1.96. The number of aromatic hydroxyl groups is 1. The number of phenols is 1. The van der Waals surface area contributed by atoms with Gasteiger partial charge in [-0.05, 0) is 51.6 Å². The zero-order valence-corrected chi connectivity index (χ0v) is 12.4.